The molecular formula is C11H18N2O2S. The van der Waals surface area contributed by atoms with Crippen LogP contribution in [0.2, 0.25) is 0 Å². The van der Waals surface area contributed by atoms with E-state index in [1.807, 2.05) is 0 Å². The van der Waals surface area contributed by atoms with E-state index in [9.17, 15) is 8.42 Å². The van der Waals surface area contributed by atoms with Gasteiger partial charge in [-0.15, -0.1) is 0 Å². The standard InChI is InChI=1S/C11H18N2O2S/c1-4-9(2)8-13-11-10(16(3,14)15)6-5-7-12-11/h5-7,9H,4,8H2,1-3H3,(H,12,13). The first-order chi connectivity index (χ1) is 7.45. The van der Waals surface area contributed by atoms with Gasteiger partial charge in [0.15, 0.2) is 9.84 Å². The number of hydrogen-bond acceptors (Lipinski definition) is 4. The number of rotatable bonds is 5. The molecule has 0 bridgehead atoms. The fraction of sp³-hybridized carbons (Fsp3) is 0.545. The summed E-state index contributed by atoms with van der Waals surface area (Å²) in [6.45, 7) is 4.94. The molecule has 16 heavy (non-hydrogen) atoms. The second-order valence-corrected chi connectivity index (χ2v) is 6.00. The molecule has 1 aromatic rings. The van der Waals surface area contributed by atoms with E-state index in [2.05, 4.69) is 24.1 Å². The van der Waals surface area contributed by atoms with E-state index in [0.717, 1.165) is 13.0 Å². The third-order valence-corrected chi connectivity index (χ3v) is 3.61. The van der Waals surface area contributed by atoms with Gasteiger partial charge in [0.05, 0.1) is 0 Å². The minimum absolute atomic E-state index is 0.262. The Labute approximate surface area is 97.0 Å². The summed E-state index contributed by atoms with van der Waals surface area (Å²) >= 11 is 0. The quantitative estimate of drug-likeness (QED) is 0.857. The largest absolute Gasteiger partial charge is 0.369 e. The number of nitrogens with one attached hydrogen (secondary N) is 1. The molecule has 0 aliphatic heterocycles. The van der Waals surface area contributed by atoms with Crippen LogP contribution in [0.3, 0.4) is 0 Å². The summed E-state index contributed by atoms with van der Waals surface area (Å²) in [5.74, 6) is 0.944. The Hall–Kier alpha value is -1.10. The van der Waals surface area contributed by atoms with Crippen LogP contribution in [0, 0.1) is 5.92 Å². The predicted molar refractivity (Wildman–Crippen MR) is 65.3 cm³/mol. The average molecular weight is 242 g/mol. The Bertz CT molecular complexity index is 443. The summed E-state index contributed by atoms with van der Waals surface area (Å²) in [7, 11) is -3.21. The van der Waals surface area contributed by atoms with Crippen molar-refractivity contribution >= 4 is 15.7 Å². The van der Waals surface area contributed by atoms with E-state index in [4.69, 9.17) is 0 Å². The summed E-state index contributed by atoms with van der Waals surface area (Å²) in [4.78, 5) is 4.32. The van der Waals surface area contributed by atoms with Gasteiger partial charge in [0.25, 0.3) is 0 Å². The Morgan fingerprint density at radius 2 is 2.19 bits per heavy atom. The van der Waals surface area contributed by atoms with E-state index in [1.165, 1.54) is 6.26 Å². The Morgan fingerprint density at radius 1 is 1.50 bits per heavy atom. The van der Waals surface area contributed by atoms with Crippen LogP contribution in [0.25, 0.3) is 0 Å². The molecule has 0 aliphatic rings. The summed E-state index contributed by atoms with van der Waals surface area (Å²) in [5.41, 5.74) is 0. The highest BCUT2D eigenvalue weighted by atomic mass is 32.2. The van der Waals surface area contributed by atoms with Crippen molar-refractivity contribution in [2.75, 3.05) is 18.1 Å². The highest BCUT2D eigenvalue weighted by Crippen LogP contribution is 2.18. The molecule has 0 aliphatic carbocycles. The maximum absolute atomic E-state index is 11.5. The van der Waals surface area contributed by atoms with Crippen LogP contribution in [0.5, 0.6) is 0 Å². The van der Waals surface area contributed by atoms with Gasteiger partial charge in [-0.1, -0.05) is 20.3 Å². The highest BCUT2D eigenvalue weighted by molar-refractivity contribution is 7.90. The van der Waals surface area contributed by atoms with Crippen molar-refractivity contribution in [3.05, 3.63) is 18.3 Å². The number of nitrogens with zero attached hydrogens (tertiary/aromatic N) is 1. The molecule has 5 heteroatoms. The molecule has 0 radical (unpaired) electrons. The number of pyridine rings is 1. The summed E-state index contributed by atoms with van der Waals surface area (Å²) in [6.07, 6.45) is 3.83. The van der Waals surface area contributed by atoms with Gasteiger partial charge in [0.2, 0.25) is 0 Å². The van der Waals surface area contributed by atoms with Crippen LogP contribution in [0.15, 0.2) is 23.2 Å². The molecule has 1 unspecified atom stereocenters. The van der Waals surface area contributed by atoms with Crippen molar-refractivity contribution in [1.29, 1.82) is 0 Å². The topological polar surface area (TPSA) is 59.1 Å². The number of hydrogen-bond donors (Lipinski definition) is 1. The van der Waals surface area contributed by atoms with Gasteiger partial charge in [0.1, 0.15) is 10.7 Å². The van der Waals surface area contributed by atoms with Gasteiger partial charge < -0.3 is 5.32 Å². The smallest absolute Gasteiger partial charge is 0.179 e. The van der Waals surface area contributed by atoms with Gasteiger partial charge in [-0.2, -0.15) is 0 Å². The summed E-state index contributed by atoms with van der Waals surface area (Å²) in [5, 5.41) is 3.08. The lowest BCUT2D eigenvalue weighted by atomic mass is 10.1. The molecule has 0 saturated heterocycles. The third kappa shape index (κ3) is 3.48. The van der Waals surface area contributed by atoms with Gasteiger partial charge in [-0.3, -0.25) is 0 Å². The zero-order valence-electron chi connectivity index (χ0n) is 9.90. The van der Waals surface area contributed by atoms with Gasteiger partial charge >= 0.3 is 0 Å². The first-order valence-corrected chi connectivity index (χ1v) is 7.23. The second-order valence-electron chi connectivity index (χ2n) is 4.02. The molecule has 4 nitrogen and oxygen atoms in total. The molecule has 0 aromatic carbocycles. The third-order valence-electron chi connectivity index (χ3n) is 2.49. The van der Waals surface area contributed by atoms with Crippen LogP contribution in [0.4, 0.5) is 5.82 Å². The lowest BCUT2D eigenvalue weighted by molar-refractivity contribution is 0.589. The van der Waals surface area contributed by atoms with E-state index < -0.39 is 9.84 Å². The number of aromatic nitrogens is 1. The Morgan fingerprint density at radius 3 is 2.75 bits per heavy atom. The SMILES string of the molecule is CCC(C)CNc1ncccc1S(C)(=O)=O. The average Bonchev–Trinajstić information content (AvgIpc) is 2.25. The van der Waals surface area contributed by atoms with Crippen molar-refractivity contribution in [3.63, 3.8) is 0 Å². The molecule has 1 N–H and O–H groups in total. The normalized spacial score (nSPS) is 13.4. The van der Waals surface area contributed by atoms with Crippen molar-refractivity contribution in [3.8, 4) is 0 Å². The van der Waals surface area contributed by atoms with E-state index in [0.29, 0.717) is 11.7 Å². The Balaban J connectivity index is 2.88. The molecule has 0 saturated carbocycles. The lowest BCUT2D eigenvalue weighted by Gasteiger charge is -2.12. The molecule has 1 atom stereocenters. The maximum Gasteiger partial charge on any atom is 0.179 e. The van der Waals surface area contributed by atoms with Crippen molar-refractivity contribution < 1.29 is 8.42 Å². The van der Waals surface area contributed by atoms with Gasteiger partial charge in [-0.25, -0.2) is 13.4 Å². The zero-order chi connectivity index (χ0) is 12.2. The molecule has 0 amide bonds. The van der Waals surface area contributed by atoms with Gasteiger partial charge in [0, 0.05) is 19.0 Å². The zero-order valence-corrected chi connectivity index (χ0v) is 10.7. The lowest BCUT2D eigenvalue weighted by Crippen LogP contribution is -2.14. The number of sulfone groups is 1. The van der Waals surface area contributed by atoms with Crippen LogP contribution < -0.4 is 5.32 Å². The predicted octanol–water partition coefficient (Wildman–Crippen LogP) is 1.94. The van der Waals surface area contributed by atoms with E-state index in [1.54, 1.807) is 18.3 Å². The molecule has 90 valence electrons. The fourth-order valence-corrected chi connectivity index (χ4v) is 2.04. The number of anilines is 1. The van der Waals surface area contributed by atoms with Crippen LogP contribution in [-0.4, -0.2) is 26.2 Å². The van der Waals surface area contributed by atoms with E-state index in [-0.39, 0.29) is 4.90 Å². The van der Waals surface area contributed by atoms with Crippen molar-refractivity contribution in [1.82, 2.24) is 4.98 Å². The first kappa shape index (κ1) is 13.0. The molecule has 1 heterocycles. The minimum atomic E-state index is -3.21. The molecule has 0 spiro atoms. The van der Waals surface area contributed by atoms with Gasteiger partial charge in [-0.05, 0) is 18.1 Å². The highest BCUT2D eigenvalue weighted by Gasteiger charge is 2.13. The van der Waals surface area contributed by atoms with Crippen molar-refractivity contribution in [2.24, 2.45) is 5.92 Å². The molecule has 1 rings (SSSR count). The minimum Gasteiger partial charge on any atom is -0.369 e. The second kappa shape index (κ2) is 5.30. The molecule has 0 fully saturated rings. The maximum atomic E-state index is 11.5. The monoisotopic (exact) mass is 242 g/mol. The Kier molecular flexibility index (Phi) is 4.29. The molecule has 1 aromatic heterocycles. The summed E-state index contributed by atoms with van der Waals surface area (Å²) in [6, 6.07) is 3.20. The fourth-order valence-electron chi connectivity index (χ4n) is 1.24. The first-order valence-electron chi connectivity index (χ1n) is 5.34. The van der Waals surface area contributed by atoms with Crippen LogP contribution in [0.1, 0.15) is 20.3 Å². The van der Waals surface area contributed by atoms with Crippen LogP contribution in [-0.2, 0) is 9.84 Å². The van der Waals surface area contributed by atoms with Crippen LogP contribution >= 0.6 is 0 Å². The van der Waals surface area contributed by atoms with E-state index >= 15 is 0 Å². The molecular weight excluding hydrogens is 224 g/mol. The van der Waals surface area contributed by atoms with Crippen molar-refractivity contribution in [2.45, 2.75) is 25.2 Å². The summed E-state index contributed by atoms with van der Waals surface area (Å²) < 4.78 is 23.0.